The fraction of sp³-hybridized carbons (Fsp3) is 0.318. The Kier molecular flexibility index (Phi) is 6.35. The Morgan fingerprint density at radius 2 is 1.55 bits per heavy atom. The van der Waals surface area contributed by atoms with Crippen LogP contribution in [0.3, 0.4) is 0 Å². The Hall–Kier alpha value is -2.19. The summed E-state index contributed by atoms with van der Waals surface area (Å²) in [4.78, 5) is 29.0. The number of aliphatic hydroxyl groups is 1. The standard InChI is InChI=1S/C22H22Cl2N2O4S/c1-21(2,3)30-20(29)26-19(31)25(16-11-9-15(24)10-12-16)18(28)22(26,4)17(27)13-5-7-14(23)8-6-13/h5-12,17,27H,1-4H3/t17-,22+/m0/s1. The maximum atomic E-state index is 13.7. The monoisotopic (exact) mass is 480 g/mol. The third-order valence-corrected chi connectivity index (χ3v) is 5.73. The van der Waals surface area contributed by atoms with Gasteiger partial charge in [-0.3, -0.25) is 9.69 Å². The minimum Gasteiger partial charge on any atom is -0.443 e. The molecule has 0 bridgehead atoms. The number of carbonyl (C=O) groups is 2. The Balaban J connectivity index is 2.12. The second-order valence-electron chi connectivity index (χ2n) is 8.32. The molecule has 31 heavy (non-hydrogen) atoms. The van der Waals surface area contributed by atoms with Crippen LogP contribution < -0.4 is 4.90 Å². The van der Waals surface area contributed by atoms with Gasteiger partial charge < -0.3 is 9.84 Å². The molecule has 6 nitrogen and oxygen atoms in total. The summed E-state index contributed by atoms with van der Waals surface area (Å²) in [6, 6.07) is 12.8. The molecule has 0 saturated carbocycles. The van der Waals surface area contributed by atoms with E-state index in [0.29, 0.717) is 21.3 Å². The quantitative estimate of drug-likeness (QED) is 0.599. The van der Waals surface area contributed by atoms with Crippen molar-refractivity contribution in [3.05, 3.63) is 64.1 Å². The average Bonchev–Trinajstić information content (AvgIpc) is 2.88. The van der Waals surface area contributed by atoms with Crippen LogP contribution in [0, 0.1) is 0 Å². The van der Waals surface area contributed by atoms with E-state index in [1.807, 2.05) is 0 Å². The fourth-order valence-electron chi connectivity index (χ4n) is 3.31. The van der Waals surface area contributed by atoms with Gasteiger partial charge in [0.05, 0.1) is 5.69 Å². The largest absolute Gasteiger partial charge is 0.443 e. The number of benzene rings is 2. The van der Waals surface area contributed by atoms with Crippen LogP contribution in [-0.2, 0) is 9.53 Å². The number of hydrogen-bond donors (Lipinski definition) is 1. The Morgan fingerprint density at radius 3 is 2.03 bits per heavy atom. The number of rotatable bonds is 3. The van der Waals surface area contributed by atoms with Crippen molar-refractivity contribution in [2.75, 3.05) is 4.90 Å². The lowest BCUT2D eigenvalue weighted by molar-refractivity contribution is -0.130. The second-order valence-corrected chi connectivity index (χ2v) is 9.55. The first kappa shape index (κ1) is 23.5. The van der Waals surface area contributed by atoms with Gasteiger partial charge in [-0.25, -0.2) is 9.69 Å². The van der Waals surface area contributed by atoms with Crippen LogP contribution >= 0.6 is 35.4 Å². The molecule has 1 N–H and O–H groups in total. The summed E-state index contributed by atoms with van der Waals surface area (Å²) in [5.41, 5.74) is -1.78. The zero-order valence-corrected chi connectivity index (χ0v) is 19.8. The van der Waals surface area contributed by atoms with Gasteiger partial charge in [0.15, 0.2) is 10.7 Å². The number of aliphatic hydroxyl groups excluding tert-OH is 1. The highest BCUT2D eigenvalue weighted by atomic mass is 35.5. The predicted molar refractivity (Wildman–Crippen MR) is 124 cm³/mol. The van der Waals surface area contributed by atoms with E-state index in [9.17, 15) is 14.7 Å². The molecule has 2 amide bonds. The lowest BCUT2D eigenvalue weighted by Gasteiger charge is -2.36. The fourth-order valence-corrected chi connectivity index (χ4v) is 4.01. The van der Waals surface area contributed by atoms with Gasteiger partial charge in [-0.2, -0.15) is 0 Å². The van der Waals surface area contributed by atoms with E-state index in [4.69, 9.17) is 40.2 Å². The normalized spacial score (nSPS) is 20.2. The van der Waals surface area contributed by atoms with Crippen LogP contribution in [0.2, 0.25) is 10.0 Å². The summed E-state index contributed by atoms with van der Waals surface area (Å²) in [5, 5.41) is 12.1. The lowest BCUT2D eigenvalue weighted by Crippen LogP contribution is -2.55. The minimum atomic E-state index is -1.76. The third kappa shape index (κ3) is 4.41. The predicted octanol–water partition coefficient (Wildman–Crippen LogP) is 5.35. The smallest absolute Gasteiger partial charge is 0.417 e. The number of hydrogen-bond acceptors (Lipinski definition) is 5. The van der Waals surface area contributed by atoms with Crippen molar-refractivity contribution in [2.45, 2.75) is 44.9 Å². The van der Waals surface area contributed by atoms with Crippen LogP contribution in [0.5, 0.6) is 0 Å². The maximum Gasteiger partial charge on any atom is 0.417 e. The molecule has 0 aliphatic carbocycles. The highest BCUT2D eigenvalue weighted by Gasteiger charge is 2.60. The number of amides is 2. The number of halogens is 2. The first-order chi connectivity index (χ1) is 14.4. The van der Waals surface area contributed by atoms with Crippen LogP contribution in [-0.4, -0.2) is 38.3 Å². The molecule has 1 aliphatic heterocycles. The van der Waals surface area contributed by atoms with E-state index in [1.165, 1.54) is 11.8 Å². The molecule has 9 heteroatoms. The van der Waals surface area contributed by atoms with E-state index in [2.05, 4.69) is 0 Å². The molecule has 2 atom stereocenters. The van der Waals surface area contributed by atoms with E-state index in [1.54, 1.807) is 69.3 Å². The van der Waals surface area contributed by atoms with Crippen molar-refractivity contribution >= 4 is 58.2 Å². The molecule has 0 radical (unpaired) electrons. The molecule has 164 valence electrons. The van der Waals surface area contributed by atoms with Crippen molar-refractivity contribution in [2.24, 2.45) is 0 Å². The van der Waals surface area contributed by atoms with Crippen LogP contribution in [0.25, 0.3) is 0 Å². The molecule has 1 heterocycles. The summed E-state index contributed by atoms with van der Waals surface area (Å²) in [6.07, 6.45) is -2.24. The molecule has 2 aromatic carbocycles. The molecule has 1 fully saturated rings. The molecule has 1 saturated heterocycles. The third-order valence-electron chi connectivity index (χ3n) is 4.86. The zero-order valence-electron chi connectivity index (χ0n) is 17.4. The van der Waals surface area contributed by atoms with Gasteiger partial charge in [0.25, 0.3) is 5.91 Å². The SMILES string of the molecule is CC(C)(C)OC(=O)N1C(=S)N(c2ccc(Cl)cc2)C(=O)[C@@]1(C)[C@@H](O)c1ccc(Cl)cc1. The maximum absolute atomic E-state index is 13.7. The van der Waals surface area contributed by atoms with Crippen LogP contribution in [0.15, 0.2) is 48.5 Å². The summed E-state index contributed by atoms with van der Waals surface area (Å²) in [5.74, 6) is -0.576. The zero-order chi connectivity index (χ0) is 23.1. The molecule has 1 aliphatic rings. The molecule has 2 aromatic rings. The number of carbonyl (C=O) groups excluding carboxylic acids is 2. The van der Waals surface area contributed by atoms with Gasteiger partial charge in [-0.1, -0.05) is 35.3 Å². The van der Waals surface area contributed by atoms with E-state index in [-0.39, 0.29) is 5.11 Å². The topological polar surface area (TPSA) is 70.1 Å². The van der Waals surface area contributed by atoms with Gasteiger partial charge in [-0.15, -0.1) is 0 Å². The van der Waals surface area contributed by atoms with E-state index >= 15 is 0 Å². The summed E-state index contributed by atoms with van der Waals surface area (Å²) < 4.78 is 5.51. The Labute approximate surface area is 196 Å². The Morgan fingerprint density at radius 1 is 1.06 bits per heavy atom. The average molecular weight is 481 g/mol. The van der Waals surface area contributed by atoms with Gasteiger partial charge >= 0.3 is 6.09 Å². The highest BCUT2D eigenvalue weighted by Crippen LogP contribution is 2.42. The minimum absolute atomic E-state index is 0.0999. The van der Waals surface area contributed by atoms with Crippen LogP contribution in [0.1, 0.15) is 39.4 Å². The van der Waals surface area contributed by atoms with Crippen molar-refractivity contribution in [1.29, 1.82) is 0 Å². The lowest BCUT2D eigenvalue weighted by atomic mass is 9.88. The first-order valence-corrected chi connectivity index (χ1v) is 10.6. The number of anilines is 1. The van der Waals surface area contributed by atoms with Gasteiger partial charge in [0, 0.05) is 10.0 Å². The molecular formula is C22H22Cl2N2O4S. The molecular weight excluding hydrogens is 459 g/mol. The molecule has 0 unspecified atom stereocenters. The van der Waals surface area contributed by atoms with Crippen molar-refractivity contribution < 1.29 is 19.4 Å². The van der Waals surface area contributed by atoms with Crippen LogP contribution in [0.4, 0.5) is 10.5 Å². The van der Waals surface area contributed by atoms with Crippen molar-refractivity contribution in [1.82, 2.24) is 4.90 Å². The van der Waals surface area contributed by atoms with Crippen molar-refractivity contribution in [3.63, 3.8) is 0 Å². The van der Waals surface area contributed by atoms with Gasteiger partial charge in [0.2, 0.25) is 0 Å². The molecule has 0 spiro atoms. The second kappa shape index (κ2) is 8.39. The molecule has 3 rings (SSSR count). The van der Waals surface area contributed by atoms with Gasteiger partial charge in [0.1, 0.15) is 11.7 Å². The van der Waals surface area contributed by atoms with Crippen molar-refractivity contribution in [3.8, 4) is 0 Å². The molecule has 0 aromatic heterocycles. The summed E-state index contributed by atoms with van der Waals surface area (Å²) >= 11 is 17.5. The van der Waals surface area contributed by atoms with E-state index in [0.717, 1.165) is 4.90 Å². The number of thiocarbonyl (C=S) groups is 1. The highest BCUT2D eigenvalue weighted by molar-refractivity contribution is 7.80. The number of nitrogens with zero attached hydrogens (tertiary/aromatic N) is 2. The summed E-state index contributed by atoms with van der Waals surface area (Å²) in [6.45, 7) is 6.57. The number of ether oxygens (including phenoxy) is 1. The Bertz CT molecular complexity index is 1020. The van der Waals surface area contributed by atoms with E-state index < -0.39 is 29.2 Å². The van der Waals surface area contributed by atoms with Gasteiger partial charge in [-0.05, 0) is 81.9 Å². The summed E-state index contributed by atoms with van der Waals surface area (Å²) in [7, 11) is 0. The first-order valence-electron chi connectivity index (χ1n) is 9.47.